The number of hydrogen-bond donors (Lipinski definition) is 2. The number of aliphatic carboxylic acids is 1. The quantitative estimate of drug-likeness (QED) is 0.448. The number of thioether (sulfide) groups is 1. The third kappa shape index (κ3) is 4.20. The summed E-state index contributed by atoms with van der Waals surface area (Å²) < 4.78 is 0. The Labute approximate surface area is 206 Å². The van der Waals surface area contributed by atoms with Gasteiger partial charge in [0.2, 0.25) is 5.91 Å². The summed E-state index contributed by atoms with van der Waals surface area (Å²) in [5, 5.41) is 22.5. The van der Waals surface area contributed by atoms with Gasteiger partial charge in [-0.15, -0.1) is 16.4 Å². The molecule has 4 bridgehead atoms. The fourth-order valence-electron chi connectivity index (χ4n) is 6.68. The van der Waals surface area contributed by atoms with Crippen molar-refractivity contribution >= 4 is 46.4 Å². The van der Waals surface area contributed by atoms with Gasteiger partial charge in [-0.1, -0.05) is 36.0 Å². The van der Waals surface area contributed by atoms with Crippen molar-refractivity contribution in [1.82, 2.24) is 10.3 Å². The van der Waals surface area contributed by atoms with Crippen molar-refractivity contribution in [2.24, 2.45) is 28.0 Å². The summed E-state index contributed by atoms with van der Waals surface area (Å²) in [5.74, 6) is 1.39. The van der Waals surface area contributed by atoms with Crippen molar-refractivity contribution < 1.29 is 14.7 Å². The van der Waals surface area contributed by atoms with Crippen LogP contribution in [-0.4, -0.2) is 38.6 Å². The molecule has 2 heterocycles. The molecule has 5 fully saturated rings. The summed E-state index contributed by atoms with van der Waals surface area (Å²) >= 11 is 2.84. The van der Waals surface area contributed by atoms with Crippen molar-refractivity contribution in [3.63, 3.8) is 0 Å². The minimum Gasteiger partial charge on any atom is -0.481 e. The molecular formula is C25H26N4O3S2. The number of amides is 1. The Bertz CT molecular complexity index is 1150. The minimum absolute atomic E-state index is 0.234. The molecular weight excluding hydrogens is 468 g/mol. The Balaban J connectivity index is 1.12. The highest BCUT2D eigenvalue weighted by Gasteiger charge is 2.52. The van der Waals surface area contributed by atoms with Crippen LogP contribution in [0.4, 0.5) is 0 Å². The molecule has 0 spiro atoms. The highest BCUT2D eigenvalue weighted by Crippen LogP contribution is 2.60. The van der Waals surface area contributed by atoms with Crippen LogP contribution in [0.1, 0.15) is 56.2 Å². The first kappa shape index (κ1) is 22.0. The molecule has 34 heavy (non-hydrogen) atoms. The maximum atomic E-state index is 11.8. The molecule has 2 aromatic rings. The SMILES string of the molecule is O=C(O)CC1SC(=NN=Cc2ccc(-c3nc(C45CC6CC(CC(C6)C4)C5)cs3)cc2)NC1=O. The van der Waals surface area contributed by atoms with Crippen molar-refractivity contribution in [1.29, 1.82) is 0 Å². The van der Waals surface area contributed by atoms with Gasteiger partial charge < -0.3 is 10.4 Å². The van der Waals surface area contributed by atoms with Crippen LogP contribution in [-0.2, 0) is 15.0 Å². The van der Waals surface area contributed by atoms with E-state index < -0.39 is 11.2 Å². The number of thiazole rings is 1. The van der Waals surface area contributed by atoms with Crippen LogP contribution in [0, 0.1) is 17.8 Å². The summed E-state index contributed by atoms with van der Waals surface area (Å²) in [6.07, 6.45) is 9.71. The van der Waals surface area contributed by atoms with Gasteiger partial charge in [0.25, 0.3) is 0 Å². The number of carbonyl (C=O) groups excluding carboxylic acids is 1. The van der Waals surface area contributed by atoms with E-state index in [2.05, 4.69) is 33.0 Å². The largest absolute Gasteiger partial charge is 0.481 e. The third-order valence-electron chi connectivity index (χ3n) is 7.74. The molecule has 4 aliphatic carbocycles. The fraction of sp³-hybridized carbons (Fsp3) is 0.480. The lowest BCUT2D eigenvalue weighted by molar-refractivity contribution is -0.138. The Hall–Kier alpha value is -2.52. The van der Waals surface area contributed by atoms with Gasteiger partial charge in [-0.2, -0.15) is 5.10 Å². The smallest absolute Gasteiger partial charge is 0.305 e. The second kappa shape index (κ2) is 8.61. The zero-order valence-electron chi connectivity index (χ0n) is 18.6. The molecule has 4 saturated carbocycles. The molecule has 1 saturated heterocycles. The van der Waals surface area contributed by atoms with E-state index in [1.165, 1.54) is 44.2 Å². The molecule has 9 heteroatoms. The number of nitrogens with zero attached hydrogens (tertiary/aromatic N) is 3. The van der Waals surface area contributed by atoms with Crippen LogP contribution < -0.4 is 5.32 Å². The van der Waals surface area contributed by atoms with Gasteiger partial charge in [0.15, 0.2) is 5.17 Å². The van der Waals surface area contributed by atoms with E-state index in [0.717, 1.165) is 45.7 Å². The maximum absolute atomic E-state index is 11.8. The van der Waals surface area contributed by atoms with E-state index in [9.17, 15) is 9.59 Å². The maximum Gasteiger partial charge on any atom is 0.305 e. The van der Waals surface area contributed by atoms with Crippen LogP contribution in [0.15, 0.2) is 39.8 Å². The van der Waals surface area contributed by atoms with Gasteiger partial charge in [0.1, 0.15) is 10.3 Å². The summed E-state index contributed by atoms with van der Waals surface area (Å²) in [6.45, 7) is 0. The first-order valence-corrected chi connectivity index (χ1v) is 13.6. The van der Waals surface area contributed by atoms with Crippen molar-refractivity contribution in [3.05, 3.63) is 40.9 Å². The molecule has 7 nitrogen and oxygen atoms in total. The molecule has 176 valence electrons. The highest BCUT2D eigenvalue weighted by atomic mass is 32.2. The van der Waals surface area contributed by atoms with Crippen LogP contribution in [0.3, 0.4) is 0 Å². The van der Waals surface area contributed by atoms with Gasteiger partial charge in [-0.05, 0) is 61.8 Å². The molecule has 1 aliphatic heterocycles. The van der Waals surface area contributed by atoms with Crippen molar-refractivity contribution in [2.45, 2.75) is 55.6 Å². The summed E-state index contributed by atoms with van der Waals surface area (Å²) in [6, 6.07) is 8.09. The first-order chi connectivity index (χ1) is 16.5. The van der Waals surface area contributed by atoms with Gasteiger partial charge in [-0.25, -0.2) is 4.98 Å². The molecule has 0 radical (unpaired) electrons. The molecule has 1 atom stereocenters. The predicted octanol–water partition coefficient (Wildman–Crippen LogP) is 4.67. The molecule has 5 aliphatic rings. The number of benzene rings is 1. The van der Waals surface area contributed by atoms with E-state index in [0.29, 0.717) is 10.6 Å². The number of carboxylic acid groups (broad SMARTS) is 1. The number of carboxylic acids is 1. The standard InChI is InChI=1S/C25H26N4O3S2/c30-21(31)8-19-22(32)28-24(34-19)29-26-12-14-1-3-18(4-2-14)23-27-20(13-33-23)25-9-15-5-16(10-25)7-17(6-15)11-25/h1-4,12-13,15-17,19H,5-11H2,(H,30,31)(H,28,29,32). The lowest BCUT2D eigenvalue weighted by atomic mass is 9.49. The zero-order valence-corrected chi connectivity index (χ0v) is 20.3. The monoisotopic (exact) mass is 494 g/mol. The van der Waals surface area contributed by atoms with Gasteiger partial charge >= 0.3 is 5.97 Å². The van der Waals surface area contributed by atoms with Gasteiger partial charge in [0, 0.05) is 16.4 Å². The van der Waals surface area contributed by atoms with Crippen molar-refractivity contribution in [2.75, 3.05) is 0 Å². The number of nitrogens with one attached hydrogen (secondary N) is 1. The fourth-order valence-corrected chi connectivity index (χ4v) is 8.54. The Morgan fingerprint density at radius 3 is 2.47 bits per heavy atom. The lowest BCUT2D eigenvalue weighted by Gasteiger charge is -2.56. The van der Waals surface area contributed by atoms with Crippen LogP contribution >= 0.6 is 23.1 Å². The van der Waals surface area contributed by atoms with Crippen LogP contribution in [0.2, 0.25) is 0 Å². The number of hydrogen-bond acceptors (Lipinski definition) is 7. The molecule has 1 amide bonds. The van der Waals surface area contributed by atoms with E-state index in [1.807, 2.05) is 12.1 Å². The molecule has 7 rings (SSSR count). The summed E-state index contributed by atoms with van der Waals surface area (Å²) in [5.41, 5.74) is 3.65. The molecule has 1 aromatic heterocycles. The molecule has 1 aromatic carbocycles. The average Bonchev–Trinajstić information content (AvgIpc) is 3.41. The van der Waals surface area contributed by atoms with E-state index in [1.54, 1.807) is 17.6 Å². The molecule has 2 N–H and O–H groups in total. The number of amidine groups is 1. The zero-order chi connectivity index (χ0) is 23.3. The first-order valence-electron chi connectivity index (χ1n) is 11.8. The third-order valence-corrected chi connectivity index (χ3v) is 9.70. The summed E-state index contributed by atoms with van der Waals surface area (Å²) in [7, 11) is 0. The van der Waals surface area contributed by atoms with E-state index in [-0.39, 0.29) is 12.3 Å². The number of rotatable bonds is 6. The minimum atomic E-state index is -1.01. The predicted molar refractivity (Wildman–Crippen MR) is 134 cm³/mol. The normalized spacial score (nSPS) is 33.2. The highest BCUT2D eigenvalue weighted by molar-refractivity contribution is 8.15. The topological polar surface area (TPSA) is 104 Å². The lowest BCUT2D eigenvalue weighted by Crippen LogP contribution is -2.48. The number of carbonyl (C=O) groups is 2. The van der Waals surface area contributed by atoms with Crippen molar-refractivity contribution in [3.8, 4) is 10.6 Å². The second-order valence-electron chi connectivity index (χ2n) is 10.2. The second-order valence-corrected chi connectivity index (χ2v) is 12.3. The average molecular weight is 495 g/mol. The van der Waals surface area contributed by atoms with Gasteiger partial charge in [-0.3, -0.25) is 9.59 Å². The number of aromatic nitrogens is 1. The Morgan fingerprint density at radius 2 is 1.82 bits per heavy atom. The van der Waals surface area contributed by atoms with Crippen LogP contribution in [0.25, 0.3) is 10.6 Å². The summed E-state index contributed by atoms with van der Waals surface area (Å²) in [4.78, 5) is 27.7. The Kier molecular flexibility index (Phi) is 5.56. The molecule has 1 unspecified atom stereocenters. The van der Waals surface area contributed by atoms with Crippen LogP contribution in [0.5, 0.6) is 0 Å². The van der Waals surface area contributed by atoms with E-state index >= 15 is 0 Å². The van der Waals surface area contributed by atoms with Gasteiger partial charge in [0.05, 0.1) is 18.3 Å². The Morgan fingerprint density at radius 1 is 1.15 bits per heavy atom. The van der Waals surface area contributed by atoms with E-state index in [4.69, 9.17) is 10.1 Å².